The van der Waals surface area contributed by atoms with E-state index in [9.17, 15) is 14.7 Å². The molecule has 1 N–H and O–H groups in total. The summed E-state index contributed by atoms with van der Waals surface area (Å²) in [5, 5.41) is 9.73. The molecule has 0 heterocycles. The van der Waals surface area contributed by atoms with E-state index in [1.54, 1.807) is 13.0 Å². The Balaban J connectivity index is 2.41. The van der Waals surface area contributed by atoms with Crippen LogP contribution >= 0.6 is 0 Å². The normalized spacial score (nSPS) is 13.2. The Morgan fingerprint density at radius 3 is 2.82 bits per heavy atom. The molecular formula is C13H14O4. The third kappa shape index (κ3) is 2.02. The van der Waals surface area contributed by atoms with Crippen LogP contribution in [0.25, 0.3) is 0 Å². The Morgan fingerprint density at radius 2 is 2.12 bits per heavy atom. The van der Waals surface area contributed by atoms with Gasteiger partial charge in [-0.2, -0.15) is 0 Å². The summed E-state index contributed by atoms with van der Waals surface area (Å²) >= 11 is 0. The third-order valence-electron chi connectivity index (χ3n) is 2.95. The summed E-state index contributed by atoms with van der Waals surface area (Å²) in [6.45, 7) is 1.79. The van der Waals surface area contributed by atoms with Gasteiger partial charge in [-0.1, -0.05) is 6.07 Å². The number of carbonyl (C=O) groups excluding carboxylic acids is 2. The molecule has 1 aliphatic rings. The zero-order chi connectivity index (χ0) is 12.4. The Hall–Kier alpha value is -1.84. The first-order chi connectivity index (χ1) is 8.15. The molecule has 0 bridgehead atoms. The van der Waals surface area contributed by atoms with Gasteiger partial charge < -0.3 is 9.84 Å². The quantitative estimate of drug-likeness (QED) is 0.490. The summed E-state index contributed by atoms with van der Waals surface area (Å²) in [5.74, 6) is -1.78. The largest absolute Gasteiger partial charge is 0.507 e. The van der Waals surface area contributed by atoms with E-state index >= 15 is 0 Å². The number of esters is 1. The molecule has 0 amide bonds. The van der Waals surface area contributed by atoms with Crippen molar-refractivity contribution in [3.8, 4) is 5.75 Å². The van der Waals surface area contributed by atoms with Gasteiger partial charge in [0.15, 0.2) is 0 Å². The molecule has 17 heavy (non-hydrogen) atoms. The summed E-state index contributed by atoms with van der Waals surface area (Å²) in [6.07, 6.45) is 2.56. The first kappa shape index (κ1) is 11.6. The van der Waals surface area contributed by atoms with E-state index in [-0.39, 0.29) is 17.9 Å². The molecule has 0 fully saturated rings. The molecule has 0 spiro atoms. The fourth-order valence-electron chi connectivity index (χ4n) is 2.21. The Bertz CT molecular complexity index is 477. The van der Waals surface area contributed by atoms with E-state index in [1.165, 1.54) is 6.07 Å². The molecule has 0 atom stereocenters. The highest BCUT2D eigenvalue weighted by molar-refractivity contribution is 6.41. The molecule has 1 aliphatic carbocycles. The van der Waals surface area contributed by atoms with Crippen molar-refractivity contribution >= 4 is 11.8 Å². The van der Waals surface area contributed by atoms with Crippen LogP contribution in [0.2, 0.25) is 0 Å². The highest BCUT2D eigenvalue weighted by Crippen LogP contribution is 2.31. The van der Waals surface area contributed by atoms with E-state index in [0.29, 0.717) is 0 Å². The molecule has 1 aromatic rings. The van der Waals surface area contributed by atoms with Gasteiger partial charge in [0, 0.05) is 0 Å². The lowest BCUT2D eigenvalue weighted by Gasteiger charge is -2.09. The van der Waals surface area contributed by atoms with Crippen LogP contribution < -0.4 is 0 Å². The summed E-state index contributed by atoms with van der Waals surface area (Å²) in [5.41, 5.74) is 1.96. The average Bonchev–Trinajstić information content (AvgIpc) is 2.76. The van der Waals surface area contributed by atoms with Crippen LogP contribution in [0.1, 0.15) is 34.8 Å². The summed E-state index contributed by atoms with van der Waals surface area (Å²) in [4.78, 5) is 23.3. The van der Waals surface area contributed by atoms with Crippen LogP contribution in [0.15, 0.2) is 12.1 Å². The van der Waals surface area contributed by atoms with Gasteiger partial charge in [0.05, 0.1) is 12.2 Å². The SMILES string of the molecule is CCOC(=O)C(=O)c1c(O)ccc2c1CCC2. The zero-order valence-electron chi connectivity index (χ0n) is 9.66. The fraction of sp³-hybridized carbons (Fsp3) is 0.385. The van der Waals surface area contributed by atoms with Gasteiger partial charge in [-0.25, -0.2) is 4.79 Å². The number of aryl methyl sites for hydroxylation is 1. The first-order valence-corrected chi connectivity index (χ1v) is 5.70. The first-order valence-electron chi connectivity index (χ1n) is 5.70. The molecule has 0 aliphatic heterocycles. The lowest BCUT2D eigenvalue weighted by molar-refractivity contribution is -0.137. The number of hydrogen-bond donors (Lipinski definition) is 1. The lowest BCUT2D eigenvalue weighted by Crippen LogP contribution is -2.19. The minimum atomic E-state index is -0.900. The van der Waals surface area contributed by atoms with E-state index in [2.05, 4.69) is 4.74 Å². The van der Waals surface area contributed by atoms with Crippen LogP contribution in [0, 0.1) is 0 Å². The number of aromatic hydroxyl groups is 1. The minimum absolute atomic E-state index is 0.124. The molecule has 4 nitrogen and oxygen atoms in total. The van der Waals surface area contributed by atoms with E-state index in [0.717, 1.165) is 30.4 Å². The van der Waals surface area contributed by atoms with E-state index in [4.69, 9.17) is 0 Å². The highest BCUT2D eigenvalue weighted by Gasteiger charge is 2.27. The van der Waals surface area contributed by atoms with Crippen molar-refractivity contribution in [3.63, 3.8) is 0 Å². The number of phenolic OH excluding ortho intramolecular Hbond substituents is 1. The second kappa shape index (κ2) is 4.57. The Labute approximate surface area is 99.2 Å². The fourth-order valence-corrected chi connectivity index (χ4v) is 2.21. The molecule has 0 radical (unpaired) electrons. The van der Waals surface area contributed by atoms with Crippen LogP contribution in [0.5, 0.6) is 5.75 Å². The lowest BCUT2D eigenvalue weighted by atomic mass is 9.99. The van der Waals surface area contributed by atoms with Crippen molar-refractivity contribution in [1.82, 2.24) is 0 Å². The number of benzene rings is 1. The number of Topliss-reactive ketones (excluding diaryl/α,β-unsaturated/α-hetero) is 1. The second-order valence-electron chi connectivity index (χ2n) is 4.00. The van der Waals surface area contributed by atoms with Crippen LogP contribution in [-0.4, -0.2) is 23.5 Å². The van der Waals surface area contributed by atoms with Crippen molar-refractivity contribution in [2.24, 2.45) is 0 Å². The number of carbonyl (C=O) groups is 2. The van der Waals surface area contributed by atoms with Crippen molar-refractivity contribution in [2.45, 2.75) is 26.2 Å². The predicted molar refractivity (Wildman–Crippen MR) is 61.1 cm³/mol. The molecule has 2 rings (SSSR count). The standard InChI is InChI=1S/C13H14O4/c1-2-17-13(16)12(15)11-9-5-3-4-8(9)6-7-10(11)14/h6-7,14H,2-5H2,1H3. The maximum atomic E-state index is 11.9. The van der Waals surface area contributed by atoms with Gasteiger partial charge in [0.1, 0.15) is 5.75 Å². The smallest absolute Gasteiger partial charge is 0.379 e. The highest BCUT2D eigenvalue weighted by atomic mass is 16.5. The van der Waals surface area contributed by atoms with Gasteiger partial charge in [-0.15, -0.1) is 0 Å². The number of ether oxygens (including phenoxy) is 1. The molecule has 0 saturated heterocycles. The van der Waals surface area contributed by atoms with Crippen LogP contribution in [0.3, 0.4) is 0 Å². The summed E-state index contributed by atoms with van der Waals surface area (Å²) in [7, 11) is 0. The van der Waals surface area contributed by atoms with Gasteiger partial charge in [-0.05, 0) is 43.4 Å². The Kier molecular flexibility index (Phi) is 3.13. The van der Waals surface area contributed by atoms with Gasteiger partial charge >= 0.3 is 5.97 Å². The number of ketones is 1. The molecule has 0 aromatic heterocycles. The maximum absolute atomic E-state index is 11.9. The van der Waals surface area contributed by atoms with Crippen LogP contribution in [-0.2, 0) is 22.4 Å². The molecule has 0 unspecified atom stereocenters. The van der Waals surface area contributed by atoms with E-state index in [1.807, 2.05) is 0 Å². The van der Waals surface area contributed by atoms with Gasteiger partial charge in [0.2, 0.25) is 0 Å². The number of hydrogen-bond acceptors (Lipinski definition) is 4. The third-order valence-corrected chi connectivity index (χ3v) is 2.95. The average molecular weight is 234 g/mol. The number of phenols is 1. The van der Waals surface area contributed by atoms with Crippen molar-refractivity contribution in [3.05, 3.63) is 28.8 Å². The molecule has 4 heteroatoms. The minimum Gasteiger partial charge on any atom is -0.507 e. The molecule has 90 valence electrons. The van der Waals surface area contributed by atoms with E-state index < -0.39 is 11.8 Å². The Morgan fingerprint density at radius 1 is 1.35 bits per heavy atom. The number of fused-ring (bicyclic) bond motifs is 1. The molecule has 0 saturated carbocycles. The van der Waals surface area contributed by atoms with Crippen molar-refractivity contribution in [2.75, 3.05) is 6.61 Å². The van der Waals surface area contributed by atoms with Gasteiger partial charge in [0.25, 0.3) is 5.78 Å². The zero-order valence-corrected chi connectivity index (χ0v) is 9.66. The van der Waals surface area contributed by atoms with Crippen molar-refractivity contribution < 1.29 is 19.4 Å². The maximum Gasteiger partial charge on any atom is 0.379 e. The second-order valence-corrected chi connectivity index (χ2v) is 4.00. The summed E-state index contributed by atoms with van der Waals surface area (Å²) in [6, 6.07) is 3.27. The van der Waals surface area contributed by atoms with Gasteiger partial charge in [-0.3, -0.25) is 4.79 Å². The monoisotopic (exact) mass is 234 g/mol. The number of rotatable bonds is 3. The molecule has 1 aromatic carbocycles. The summed E-state index contributed by atoms with van der Waals surface area (Å²) < 4.78 is 4.67. The van der Waals surface area contributed by atoms with Crippen LogP contribution in [0.4, 0.5) is 0 Å². The van der Waals surface area contributed by atoms with Crippen molar-refractivity contribution in [1.29, 1.82) is 0 Å². The molecular weight excluding hydrogens is 220 g/mol. The predicted octanol–water partition coefficient (Wildman–Crippen LogP) is 1.63. The topological polar surface area (TPSA) is 63.6 Å².